The van der Waals surface area contributed by atoms with Crippen molar-refractivity contribution in [1.29, 1.82) is 0 Å². The van der Waals surface area contributed by atoms with E-state index < -0.39 is 29.4 Å². The predicted molar refractivity (Wildman–Crippen MR) is 69.9 cm³/mol. The number of alkyl halides is 6. The summed E-state index contributed by atoms with van der Waals surface area (Å²) in [6.07, 6.45) is -8.88. The molecule has 0 unspecified atom stereocenters. The molecular formula is C14H10F6N2O2. The first-order valence-corrected chi connectivity index (χ1v) is 6.52. The molecule has 2 rings (SSSR count). The lowest BCUT2D eigenvalue weighted by molar-refractivity contribution is -0.143. The van der Waals surface area contributed by atoms with E-state index in [0.717, 1.165) is 4.68 Å². The fourth-order valence-corrected chi connectivity index (χ4v) is 1.95. The maximum atomic E-state index is 12.8. The summed E-state index contributed by atoms with van der Waals surface area (Å²) in [7, 11) is 0. The summed E-state index contributed by atoms with van der Waals surface area (Å²) in [4.78, 5) is 10.5. The Morgan fingerprint density at radius 3 is 2.04 bits per heavy atom. The monoisotopic (exact) mass is 352 g/mol. The van der Waals surface area contributed by atoms with E-state index in [1.807, 2.05) is 0 Å². The van der Waals surface area contributed by atoms with E-state index in [1.165, 1.54) is 12.3 Å². The molecule has 1 aromatic carbocycles. The van der Waals surface area contributed by atoms with Crippen LogP contribution in [0.1, 0.15) is 17.5 Å². The Morgan fingerprint density at radius 1 is 1.04 bits per heavy atom. The molecule has 10 heteroatoms. The summed E-state index contributed by atoms with van der Waals surface area (Å²) in [6, 6.07) is 2.39. The number of aryl methyl sites for hydroxylation is 1. The van der Waals surface area contributed by atoms with Gasteiger partial charge in [0, 0.05) is 11.8 Å². The predicted octanol–water partition coefficient (Wildman–Crippen LogP) is 4.06. The smallest absolute Gasteiger partial charge is 0.416 e. The molecule has 1 heterocycles. The van der Waals surface area contributed by atoms with E-state index in [9.17, 15) is 31.1 Å². The molecule has 0 saturated carbocycles. The van der Waals surface area contributed by atoms with Crippen LogP contribution >= 0.6 is 0 Å². The van der Waals surface area contributed by atoms with Crippen LogP contribution in [0.15, 0.2) is 30.5 Å². The van der Waals surface area contributed by atoms with Crippen molar-refractivity contribution in [2.24, 2.45) is 0 Å². The molecule has 0 aliphatic heterocycles. The van der Waals surface area contributed by atoms with Crippen LogP contribution in [0, 0.1) is 0 Å². The highest BCUT2D eigenvalue weighted by Crippen LogP contribution is 2.38. The van der Waals surface area contributed by atoms with Crippen LogP contribution in [0.2, 0.25) is 0 Å². The van der Waals surface area contributed by atoms with Gasteiger partial charge >= 0.3 is 18.3 Å². The first-order chi connectivity index (χ1) is 11.0. The van der Waals surface area contributed by atoms with Crippen molar-refractivity contribution >= 4 is 5.97 Å². The van der Waals surface area contributed by atoms with Gasteiger partial charge in [0.2, 0.25) is 0 Å². The molecule has 0 saturated heterocycles. The van der Waals surface area contributed by atoms with Gasteiger partial charge < -0.3 is 5.11 Å². The molecule has 0 radical (unpaired) electrons. The van der Waals surface area contributed by atoms with Crippen LogP contribution in [-0.4, -0.2) is 20.9 Å². The highest BCUT2D eigenvalue weighted by atomic mass is 19.4. The largest absolute Gasteiger partial charge is 0.481 e. The molecule has 24 heavy (non-hydrogen) atoms. The zero-order valence-electron chi connectivity index (χ0n) is 11.8. The van der Waals surface area contributed by atoms with Crippen molar-refractivity contribution in [2.45, 2.75) is 25.3 Å². The molecular weight excluding hydrogens is 342 g/mol. The Morgan fingerprint density at radius 2 is 1.58 bits per heavy atom. The van der Waals surface area contributed by atoms with Crippen LogP contribution < -0.4 is 0 Å². The van der Waals surface area contributed by atoms with Gasteiger partial charge in [-0.2, -0.15) is 31.4 Å². The minimum absolute atomic E-state index is 0.0327. The third-order valence-electron chi connectivity index (χ3n) is 3.08. The first kappa shape index (κ1) is 17.8. The number of halogens is 6. The van der Waals surface area contributed by atoms with Crippen molar-refractivity contribution in [3.05, 3.63) is 41.6 Å². The normalized spacial score (nSPS) is 12.4. The lowest BCUT2D eigenvalue weighted by atomic mass is 10.0. The number of carboxylic acid groups (broad SMARTS) is 1. The fraction of sp³-hybridized carbons (Fsp3) is 0.286. The minimum Gasteiger partial charge on any atom is -0.481 e. The molecule has 1 N–H and O–H groups in total. The molecule has 0 atom stereocenters. The molecule has 2 aromatic rings. The van der Waals surface area contributed by atoms with Gasteiger partial charge in [-0.3, -0.25) is 9.48 Å². The average Bonchev–Trinajstić information content (AvgIpc) is 2.91. The van der Waals surface area contributed by atoms with Crippen LogP contribution in [0.25, 0.3) is 11.3 Å². The second kappa shape index (κ2) is 6.17. The van der Waals surface area contributed by atoms with Gasteiger partial charge in [-0.05, 0) is 24.3 Å². The highest BCUT2D eigenvalue weighted by Gasteiger charge is 2.37. The second-order valence-corrected chi connectivity index (χ2v) is 4.90. The van der Waals surface area contributed by atoms with E-state index in [0.29, 0.717) is 12.1 Å². The van der Waals surface area contributed by atoms with Gasteiger partial charge in [-0.15, -0.1) is 0 Å². The maximum absolute atomic E-state index is 12.8. The molecule has 0 aliphatic rings. The third kappa shape index (κ3) is 4.27. The number of carbonyl (C=O) groups is 1. The number of hydrogen-bond donors (Lipinski definition) is 1. The quantitative estimate of drug-likeness (QED) is 0.845. The number of carboxylic acids is 1. The molecule has 0 spiro atoms. The Hall–Kier alpha value is -2.52. The van der Waals surface area contributed by atoms with Gasteiger partial charge in [0.15, 0.2) is 0 Å². The molecule has 0 bridgehead atoms. The van der Waals surface area contributed by atoms with Crippen molar-refractivity contribution in [1.82, 2.24) is 9.78 Å². The fourth-order valence-electron chi connectivity index (χ4n) is 1.95. The van der Waals surface area contributed by atoms with Crippen molar-refractivity contribution in [2.75, 3.05) is 0 Å². The number of benzene rings is 1. The minimum atomic E-state index is -4.94. The number of nitrogens with zero attached hydrogens (tertiary/aromatic N) is 2. The number of hydrogen-bond acceptors (Lipinski definition) is 2. The average molecular weight is 352 g/mol. The van der Waals surface area contributed by atoms with Crippen molar-refractivity contribution < 1.29 is 36.2 Å². The third-order valence-corrected chi connectivity index (χ3v) is 3.08. The zero-order valence-corrected chi connectivity index (χ0v) is 11.8. The van der Waals surface area contributed by atoms with Crippen LogP contribution in [-0.2, 0) is 23.7 Å². The van der Waals surface area contributed by atoms with Gasteiger partial charge in [0.25, 0.3) is 0 Å². The number of rotatable bonds is 4. The van der Waals surface area contributed by atoms with Gasteiger partial charge in [0.05, 0.1) is 29.8 Å². The zero-order chi connectivity index (χ0) is 18.1. The van der Waals surface area contributed by atoms with Crippen LogP contribution in [0.3, 0.4) is 0 Å². The number of aromatic nitrogens is 2. The SMILES string of the molecule is O=C(O)CCn1ccc(-c2cc(C(F)(F)F)cc(C(F)(F)F)c2)n1. The Balaban J connectivity index is 2.44. The summed E-state index contributed by atoms with van der Waals surface area (Å²) in [5.74, 6) is -1.11. The van der Waals surface area contributed by atoms with E-state index >= 15 is 0 Å². The van der Waals surface area contributed by atoms with Gasteiger partial charge in [-0.25, -0.2) is 0 Å². The molecule has 4 nitrogen and oxygen atoms in total. The van der Waals surface area contributed by atoms with Gasteiger partial charge in [-0.1, -0.05) is 0 Å². The molecule has 130 valence electrons. The standard InChI is InChI=1S/C14H10F6N2O2/c15-13(16,17)9-5-8(6-10(7-9)14(18,19)20)11-1-3-22(21-11)4-2-12(23)24/h1,3,5-7H,2,4H2,(H,23,24). The first-order valence-electron chi connectivity index (χ1n) is 6.52. The molecule has 0 amide bonds. The van der Waals surface area contributed by atoms with E-state index in [4.69, 9.17) is 5.11 Å². The second-order valence-electron chi connectivity index (χ2n) is 4.90. The Kier molecular flexibility index (Phi) is 4.59. The Bertz CT molecular complexity index is 716. The summed E-state index contributed by atoms with van der Waals surface area (Å²) in [6.45, 7) is -0.0551. The van der Waals surface area contributed by atoms with Crippen LogP contribution in [0.5, 0.6) is 0 Å². The van der Waals surface area contributed by atoms with E-state index in [1.54, 1.807) is 0 Å². The lowest BCUT2D eigenvalue weighted by Gasteiger charge is -2.13. The van der Waals surface area contributed by atoms with Crippen molar-refractivity contribution in [3.8, 4) is 11.3 Å². The molecule has 0 aliphatic carbocycles. The highest BCUT2D eigenvalue weighted by molar-refractivity contribution is 5.66. The van der Waals surface area contributed by atoms with Gasteiger partial charge in [0.1, 0.15) is 0 Å². The maximum Gasteiger partial charge on any atom is 0.416 e. The topological polar surface area (TPSA) is 55.1 Å². The summed E-state index contributed by atoms with van der Waals surface area (Å²) in [5, 5.41) is 12.4. The Labute approximate surface area is 131 Å². The summed E-state index contributed by atoms with van der Waals surface area (Å²) < 4.78 is 78.0. The van der Waals surface area contributed by atoms with E-state index in [-0.39, 0.29) is 30.3 Å². The number of aliphatic carboxylic acids is 1. The lowest BCUT2D eigenvalue weighted by Crippen LogP contribution is -2.11. The molecule has 1 aromatic heterocycles. The summed E-state index contributed by atoms with van der Waals surface area (Å²) in [5.41, 5.74) is -3.34. The van der Waals surface area contributed by atoms with E-state index in [2.05, 4.69) is 5.10 Å². The molecule has 0 fully saturated rings. The van der Waals surface area contributed by atoms with Crippen LogP contribution in [0.4, 0.5) is 26.3 Å². The summed E-state index contributed by atoms with van der Waals surface area (Å²) >= 11 is 0. The van der Waals surface area contributed by atoms with Crippen molar-refractivity contribution in [3.63, 3.8) is 0 Å².